The van der Waals surface area contributed by atoms with Crippen molar-refractivity contribution in [2.24, 2.45) is 5.41 Å². The zero-order valence-electron chi connectivity index (χ0n) is 28.4. The molecule has 3 aliphatic heterocycles. The number of aromatic nitrogens is 2. The van der Waals surface area contributed by atoms with Gasteiger partial charge in [0.15, 0.2) is 0 Å². The molecule has 1 aromatic heterocycles. The molecule has 1 amide bonds. The molecule has 4 aliphatic rings. The van der Waals surface area contributed by atoms with Gasteiger partial charge in [-0.15, -0.1) is 0 Å². The molecule has 48 heavy (non-hydrogen) atoms. The standard InChI is InChI=1S/C37H46ClN7O3/c1-36(2,3)48-35(46)45-21-20-44(22-27(45)12-16-39)33-28-13-19-43(31-11-7-9-26-8-6-10-29(38)32(26)31)23-30(28)40-34(41-33)47-25-37(14-15-37)24-42-17-4-5-18-42/h6-11,27H,4-5,12-15,17-25H2,1-3H3. The SMILES string of the molecule is CC(C)(C)OC(=O)N1CCN(c2nc(OCC3(CN4CCCC4)CC3)nc3c2CCN(c2cccc4cccc(Cl)c24)C3)CC1CC#N. The van der Waals surface area contributed by atoms with E-state index in [-0.39, 0.29) is 24.0 Å². The number of piperazine rings is 1. The molecule has 11 heteroatoms. The predicted octanol–water partition coefficient (Wildman–Crippen LogP) is 6.44. The van der Waals surface area contributed by atoms with E-state index in [1.807, 2.05) is 32.9 Å². The van der Waals surface area contributed by atoms with Crippen LogP contribution in [-0.2, 0) is 17.7 Å². The summed E-state index contributed by atoms with van der Waals surface area (Å²) < 4.78 is 12.2. The van der Waals surface area contributed by atoms with Gasteiger partial charge in [-0.1, -0.05) is 35.9 Å². The monoisotopic (exact) mass is 671 g/mol. The van der Waals surface area contributed by atoms with Crippen molar-refractivity contribution in [2.45, 2.75) is 77.5 Å². The third-order valence-electron chi connectivity index (χ3n) is 10.2. The van der Waals surface area contributed by atoms with Crippen LogP contribution >= 0.6 is 11.6 Å². The molecule has 0 spiro atoms. The van der Waals surface area contributed by atoms with Gasteiger partial charge >= 0.3 is 12.1 Å². The number of anilines is 2. The Morgan fingerprint density at radius 3 is 2.54 bits per heavy atom. The number of rotatable bonds is 8. The highest BCUT2D eigenvalue weighted by atomic mass is 35.5. The molecule has 7 rings (SSSR count). The molecule has 2 aromatic carbocycles. The maximum atomic E-state index is 13.1. The van der Waals surface area contributed by atoms with E-state index >= 15 is 0 Å². The number of benzene rings is 2. The summed E-state index contributed by atoms with van der Waals surface area (Å²) in [7, 11) is 0. The Hall–Kier alpha value is -3.81. The number of amides is 1. The molecule has 3 fully saturated rings. The van der Waals surface area contributed by atoms with E-state index in [0.717, 1.165) is 58.1 Å². The van der Waals surface area contributed by atoms with Gasteiger partial charge in [0.1, 0.15) is 11.4 Å². The zero-order valence-corrected chi connectivity index (χ0v) is 29.1. The minimum Gasteiger partial charge on any atom is -0.463 e. The average Bonchev–Trinajstić information content (AvgIpc) is 3.63. The number of carbonyl (C=O) groups is 1. The number of hydrogen-bond acceptors (Lipinski definition) is 9. The lowest BCUT2D eigenvalue weighted by molar-refractivity contribution is 0.0144. The molecule has 2 saturated heterocycles. The second-order valence-electron chi connectivity index (χ2n) is 14.9. The maximum Gasteiger partial charge on any atom is 0.410 e. The molecular weight excluding hydrogens is 626 g/mol. The number of fused-ring (bicyclic) bond motifs is 2. The lowest BCUT2D eigenvalue weighted by atomic mass is 10.0. The molecule has 1 aliphatic carbocycles. The van der Waals surface area contributed by atoms with Crippen LogP contribution in [-0.4, -0.2) is 89.9 Å². The summed E-state index contributed by atoms with van der Waals surface area (Å²) in [4.78, 5) is 32.1. The highest BCUT2D eigenvalue weighted by molar-refractivity contribution is 6.36. The van der Waals surface area contributed by atoms with Gasteiger partial charge < -0.3 is 29.1 Å². The zero-order chi connectivity index (χ0) is 33.5. The van der Waals surface area contributed by atoms with Gasteiger partial charge in [-0.2, -0.15) is 15.2 Å². The highest BCUT2D eigenvalue weighted by Gasteiger charge is 2.45. The minimum absolute atomic E-state index is 0.173. The quantitative estimate of drug-likeness (QED) is 0.268. The lowest BCUT2D eigenvalue weighted by Gasteiger charge is -2.42. The fourth-order valence-corrected chi connectivity index (χ4v) is 7.78. The van der Waals surface area contributed by atoms with E-state index < -0.39 is 5.60 Å². The third-order valence-corrected chi connectivity index (χ3v) is 10.5. The van der Waals surface area contributed by atoms with Gasteiger partial charge in [0.05, 0.1) is 42.4 Å². The second-order valence-corrected chi connectivity index (χ2v) is 15.4. The van der Waals surface area contributed by atoms with Crippen molar-refractivity contribution < 1.29 is 14.3 Å². The van der Waals surface area contributed by atoms with Crippen LogP contribution in [0.15, 0.2) is 36.4 Å². The molecule has 0 N–H and O–H groups in total. The van der Waals surface area contributed by atoms with Gasteiger partial charge in [-0.05, 0) is 83.5 Å². The first kappa shape index (κ1) is 32.7. The third kappa shape index (κ3) is 6.99. The van der Waals surface area contributed by atoms with E-state index in [2.05, 4.69) is 45.0 Å². The minimum atomic E-state index is -0.614. The van der Waals surface area contributed by atoms with Gasteiger partial charge in [-0.3, -0.25) is 0 Å². The predicted molar refractivity (Wildman–Crippen MR) is 188 cm³/mol. The Bertz CT molecular complexity index is 1700. The van der Waals surface area contributed by atoms with Crippen molar-refractivity contribution in [2.75, 3.05) is 62.2 Å². The van der Waals surface area contributed by atoms with Crippen LogP contribution in [0.1, 0.15) is 64.1 Å². The molecule has 0 radical (unpaired) electrons. The van der Waals surface area contributed by atoms with Crippen molar-refractivity contribution in [3.63, 3.8) is 0 Å². The molecule has 10 nitrogen and oxygen atoms in total. The van der Waals surface area contributed by atoms with Gasteiger partial charge in [0.25, 0.3) is 0 Å². The Balaban J connectivity index is 1.18. The number of likely N-dealkylation sites (tertiary alicyclic amines) is 1. The van der Waals surface area contributed by atoms with Crippen LogP contribution in [0.5, 0.6) is 6.01 Å². The van der Waals surface area contributed by atoms with Gasteiger partial charge in [0.2, 0.25) is 0 Å². The van der Waals surface area contributed by atoms with E-state index in [1.165, 1.54) is 38.8 Å². The van der Waals surface area contributed by atoms with Crippen molar-refractivity contribution in [1.82, 2.24) is 19.8 Å². The normalized spacial score (nSPS) is 20.8. The number of nitrogens with zero attached hydrogens (tertiary/aromatic N) is 7. The number of hydrogen-bond donors (Lipinski definition) is 0. The van der Waals surface area contributed by atoms with Crippen LogP contribution < -0.4 is 14.5 Å². The van der Waals surface area contributed by atoms with Crippen molar-refractivity contribution in [3.05, 3.63) is 52.7 Å². The molecule has 1 atom stereocenters. The first-order valence-electron chi connectivity index (χ1n) is 17.4. The maximum absolute atomic E-state index is 13.1. The first-order valence-corrected chi connectivity index (χ1v) is 17.8. The second kappa shape index (κ2) is 13.2. The number of ether oxygens (including phenoxy) is 2. The van der Waals surface area contributed by atoms with Crippen molar-refractivity contribution in [3.8, 4) is 12.1 Å². The Labute approximate surface area is 288 Å². The van der Waals surface area contributed by atoms with Crippen LogP contribution in [0.3, 0.4) is 0 Å². The van der Waals surface area contributed by atoms with E-state index in [0.29, 0.717) is 38.8 Å². The fraction of sp³-hybridized carbons (Fsp3) is 0.568. The Kier molecular flexibility index (Phi) is 9.03. The smallest absolute Gasteiger partial charge is 0.410 e. The van der Waals surface area contributed by atoms with Gasteiger partial charge in [-0.25, -0.2) is 4.79 Å². The van der Waals surface area contributed by atoms with Crippen LogP contribution in [0.2, 0.25) is 5.02 Å². The summed E-state index contributed by atoms with van der Waals surface area (Å²) in [5.41, 5.74) is 2.70. The van der Waals surface area contributed by atoms with E-state index in [1.54, 1.807) is 4.90 Å². The van der Waals surface area contributed by atoms with Crippen molar-refractivity contribution in [1.29, 1.82) is 5.26 Å². The fourth-order valence-electron chi connectivity index (χ4n) is 7.51. The summed E-state index contributed by atoms with van der Waals surface area (Å²) in [5.74, 6) is 0.849. The average molecular weight is 672 g/mol. The topological polar surface area (TPSA) is 98.1 Å². The molecule has 3 aromatic rings. The number of carbonyl (C=O) groups excluding carboxylic acids is 1. The summed E-state index contributed by atoms with van der Waals surface area (Å²) in [6.45, 7) is 12.5. The highest BCUT2D eigenvalue weighted by Crippen LogP contribution is 2.47. The number of nitriles is 1. The Morgan fingerprint density at radius 2 is 1.81 bits per heavy atom. The molecule has 1 unspecified atom stereocenters. The molecule has 254 valence electrons. The molecular formula is C37H46ClN7O3. The van der Waals surface area contributed by atoms with E-state index in [4.69, 9.17) is 31.0 Å². The number of halogens is 1. The van der Waals surface area contributed by atoms with Crippen LogP contribution in [0.4, 0.5) is 16.3 Å². The lowest BCUT2D eigenvalue weighted by Crippen LogP contribution is -2.56. The van der Waals surface area contributed by atoms with Gasteiger partial charge in [0, 0.05) is 54.8 Å². The largest absolute Gasteiger partial charge is 0.463 e. The van der Waals surface area contributed by atoms with E-state index in [9.17, 15) is 10.1 Å². The summed E-state index contributed by atoms with van der Waals surface area (Å²) in [6, 6.07) is 14.7. The molecule has 4 heterocycles. The molecule has 1 saturated carbocycles. The van der Waals surface area contributed by atoms with Crippen LogP contribution in [0, 0.1) is 16.7 Å². The molecule has 0 bridgehead atoms. The summed E-state index contributed by atoms with van der Waals surface area (Å²) in [5, 5.41) is 12.6. The first-order chi connectivity index (χ1) is 23.1. The summed E-state index contributed by atoms with van der Waals surface area (Å²) >= 11 is 6.75. The van der Waals surface area contributed by atoms with Crippen molar-refractivity contribution >= 4 is 40.0 Å². The Morgan fingerprint density at radius 1 is 1.04 bits per heavy atom. The van der Waals surface area contributed by atoms with Crippen LogP contribution in [0.25, 0.3) is 10.8 Å². The summed E-state index contributed by atoms with van der Waals surface area (Å²) in [6.07, 6.45) is 5.47.